The number of rotatable bonds is 5. The summed E-state index contributed by atoms with van der Waals surface area (Å²) in [7, 11) is 1.70. The predicted octanol–water partition coefficient (Wildman–Crippen LogP) is 3.59. The van der Waals surface area contributed by atoms with E-state index < -0.39 is 0 Å². The summed E-state index contributed by atoms with van der Waals surface area (Å²) < 4.78 is 5.44. The van der Waals surface area contributed by atoms with E-state index >= 15 is 0 Å². The fourth-order valence-electron chi connectivity index (χ4n) is 3.60. The summed E-state index contributed by atoms with van der Waals surface area (Å²) in [5.74, 6) is 1.79. The molecule has 3 heterocycles. The van der Waals surface area contributed by atoms with E-state index in [0.717, 1.165) is 61.3 Å². The fourth-order valence-corrected chi connectivity index (χ4v) is 3.77. The van der Waals surface area contributed by atoms with Gasteiger partial charge in [0.1, 0.15) is 0 Å². The SMILES string of the molecule is COc1cccnc1N1CCN(CCc2c[nH]c3ccc(Cl)cc23)CC1. The second-order valence-corrected chi connectivity index (χ2v) is 7.05. The lowest BCUT2D eigenvalue weighted by Crippen LogP contribution is -2.47. The molecule has 1 aliphatic rings. The summed E-state index contributed by atoms with van der Waals surface area (Å²) in [6, 6.07) is 9.90. The number of hydrogen-bond acceptors (Lipinski definition) is 4. The highest BCUT2D eigenvalue weighted by Gasteiger charge is 2.20. The molecule has 0 spiro atoms. The van der Waals surface area contributed by atoms with Crippen molar-refractivity contribution in [2.45, 2.75) is 6.42 Å². The molecule has 4 rings (SSSR count). The quantitative estimate of drug-likeness (QED) is 0.745. The summed E-state index contributed by atoms with van der Waals surface area (Å²) in [6.45, 7) is 5.04. The number of halogens is 1. The van der Waals surface area contributed by atoms with Crippen molar-refractivity contribution in [3.8, 4) is 5.75 Å². The van der Waals surface area contributed by atoms with Gasteiger partial charge >= 0.3 is 0 Å². The highest BCUT2D eigenvalue weighted by Crippen LogP contribution is 2.26. The number of piperazine rings is 1. The number of benzene rings is 1. The topological polar surface area (TPSA) is 44.4 Å². The second-order valence-electron chi connectivity index (χ2n) is 6.61. The Morgan fingerprint density at radius 3 is 2.85 bits per heavy atom. The van der Waals surface area contributed by atoms with Crippen LogP contribution < -0.4 is 9.64 Å². The zero-order valence-electron chi connectivity index (χ0n) is 14.9. The van der Waals surface area contributed by atoms with E-state index in [-0.39, 0.29) is 0 Å². The van der Waals surface area contributed by atoms with Gasteiger partial charge in [-0.1, -0.05) is 11.6 Å². The van der Waals surface area contributed by atoms with Gasteiger partial charge in [0.2, 0.25) is 0 Å². The van der Waals surface area contributed by atoms with Crippen LogP contribution in [0.25, 0.3) is 10.9 Å². The smallest absolute Gasteiger partial charge is 0.171 e. The van der Waals surface area contributed by atoms with Crippen LogP contribution >= 0.6 is 11.6 Å². The molecule has 1 N–H and O–H groups in total. The zero-order valence-corrected chi connectivity index (χ0v) is 15.7. The highest BCUT2D eigenvalue weighted by atomic mass is 35.5. The molecule has 1 aromatic carbocycles. The highest BCUT2D eigenvalue weighted by molar-refractivity contribution is 6.31. The first-order valence-electron chi connectivity index (χ1n) is 8.96. The summed E-state index contributed by atoms with van der Waals surface area (Å²) >= 11 is 6.15. The van der Waals surface area contributed by atoms with Crippen LogP contribution in [0, 0.1) is 0 Å². The number of nitrogens with zero attached hydrogens (tertiary/aromatic N) is 3. The molecule has 1 aliphatic heterocycles. The Labute approximate surface area is 158 Å². The van der Waals surface area contributed by atoms with E-state index in [9.17, 15) is 0 Å². The van der Waals surface area contributed by atoms with Crippen LogP contribution in [0.5, 0.6) is 5.75 Å². The first kappa shape index (κ1) is 17.2. The van der Waals surface area contributed by atoms with Crippen molar-refractivity contribution in [3.05, 3.63) is 53.3 Å². The lowest BCUT2D eigenvalue weighted by molar-refractivity contribution is 0.259. The molecule has 0 unspecified atom stereocenters. The normalized spacial score (nSPS) is 15.5. The number of methoxy groups -OCH3 is 1. The molecule has 1 fully saturated rings. The van der Waals surface area contributed by atoms with Crippen molar-refractivity contribution in [1.29, 1.82) is 0 Å². The van der Waals surface area contributed by atoms with Gasteiger partial charge in [-0.3, -0.25) is 4.90 Å². The summed E-state index contributed by atoms with van der Waals surface area (Å²) in [6.07, 6.45) is 4.95. The van der Waals surface area contributed by atoms with Crippen LogP contribution in [-0.2, 0) is 6.42 Å². The largest absolute Gasteiger partial charge is 0.493 e. The molecule has 26 heavy (non-hydrogen) atoms. The molecule has 5 nitrogen and oxygen atoms in total. The van der Waals surface area contributed by atoms with Crippen molar-refractivity contribution in [2.75, 3.05) is 44.7 Å². The van der Waals surface area contributed by atoms with Crippen molar-refractivity contribution in [2.24, 2.45) is 0 Å². The minimum atomic E-state index is 0.788. The van der Waals surface area contributed by atoms with E-state index in [1.54, 1.807) is 7.11 Å². The standard InChI is InChI=1S/C20H23ClN4O/c1-26-19-3-2-7-22-20(19)25-11-9-24(10-12-25)8-6-15-14-23-18-5-4-16(21)13-17(15)18/h2-5,7,13-14,23H,6,8-12H2,1H3. The molecule has 0 saturated carbocycles. The van der Waals surface area contributed by atoms with Gasteiger partial charge in [0.15, 0.2) is 11.6 Å². The molecule has 6 heteroatoms. The van der Waals surface area contributed by atoms with E-state index in [1.807, 2.05) is 36.5 Å². The van der Waals surface area contributed by atoms with Gasteiger partial charge in [0.05, 0.1) is 7.11 Å². The number of anilines is 1. The third-order valence-electron chi connectivity index (χ3n) is 5.07. The molecule has 1 saturated heterocycles. The molecular weight excluding hydrogens is 348 g/mol. The van der Waals surface area contributed by atoms with Crippen LogP contribution in [-0.4, -0.2) is 54.7 Å². The van der Waals surface area contributed by atoms with Crippen LogP contribution in [0.1, 0.15) is 5.56 Å². The lowest BCUT2D eigenvalue weighted by Gasteiger charge is -2.35. The van der Waals surface area contributed by atoms with Gasteiger partial charge < -0.3 is 14.6 Å². The Morgan fingerprint density at radius 1 is 1.19 bits per heavy atom. The molecular formula is C20H23ClN4O. The Bertz CT molecular complexity index is 886. The number of aromatic nitrogens is 2. The Morgan fingerprint density at radius 2 is 2.04 bits per heavy atom. The number of hydrogen-bond donors (Lipinski definition) is 1. The van der Waals surface area contributed by atoms with Crippen LogP contribution in [0.4, 0.5) is 5.82 Å². The maximum atomic E-state index is 6.15. The van der Waals surface area contributed by atoms with Crippen LogP contribution in [0.3, 0.4) is 0 Å². The van der Waals surface area contributed by atoms with Crippen LogP contribution in [0.2, 0.25) is 5.02 Å². The lowest BCUT2D eigenvalue weighted by atomic mass is 10.1. The molecule has 0 radical (unpaired) electrons. The molecule has 0 amide bonds. The summed E-state index contributed by atoms with van der Waals surface area (Å²) in [5.41, 5.74) is 2.48. The van der Waals surface area contributed by atoms with E-state index in [2.05, 4.69) is 26.0 Å². The van der Waals surface area contributed by atoms with Gasteiger partial charge in [-0.2, -0.15) is 0 Å². The molecule has 3 aromatic rings. The van der Waals surface area contributed by atoms with E-state index in [0.29, 0.717) is 0 Å². The minimum absolute atomic E-state index is 0.788. The maximum absolute atomic E-state index is 6.15. The Kier molecular flexibility index (Phi) is 5.00. The third kappa shape index (κ3) is 3.50. The average molecular weight is 371 g/mol. The minimum Gasteiger partial charge on any atom is -0.493 e. The predicted molar refractivity (Wildman–Crippen MR) is 106 cm³/mol. The zero-order chi connectivity index (χ0) is 17.9. The average Bonchev–Trinajstić information content (AvgIpc) is 3.09. The van der Waals surface area contributed by atoms with Gasteiger partial charge in [0.25, 0.3) is 0 Å². The maximum Gasteiger partial charge on any atom is 0.171 e. The van der Waals surface area contributed by atoms with Crippen molar-refractivity contribution < 1.29 is 4.74 Å². The molecule has 136 valence electrons. The monoisotopic (exact) mass is 370 g/mol. The Hall–Kier alpha value is -2.24. The van der Waals surface area contributed by atoms with Gasteiger partial charge in [-0.15, -0.1) is 0 Å². The number of fused-ring (bicyclic) bond motifs is 1. The summed E-state index contributed by atoms with van der Waals surface area (Å²) in [4.78, 5) is 12.6. The number of ether oxygens (including phenoxy) is 1. The summed E-state index contributed by atoms with van der Waals surface area (Å²) in [5, 5.41) is 2.02. The fraction of sp³-hybridized carbons (Fsp3) is 0.350. The Balaban J connectivity index is 1.36. The van der Waals surface area contributed by atoms with Gasteiger partial charge in [-0.25, -0.2) is 4.98 Å². The van der Waals surface area contributed by atoms with Crippen molar-refractivity contribution in [1.82, 2.24) is 14.9 Å². The van der Waals surface area contributed by atoms with Crippen LogP contribution in [0.15, 0.2) is 42.7 Å². The molecule has 0 aliphatic carbocycles. The number of H-pyrrole nitrogens is 1. The molecule has 0 bridgehead atoms. The van der Waals surface area contributed by atoms with Crippen molar-refractivity contribution in [3.63, 3.8) is 0 Å². The first-order valence-corrected chi connectivity index (χ1v) is 9.34. The third-order valence-corrected chi connectivity index (χ3v) is 5.30. The second kappa shape index (κ2) is 7.56. The van der Waals surface area contributed by atoms with E-state index in [1.165, 1.54) is 10.9 Å². The first-order chi connectivity index (χ1) is 12.7. The number of nitrogens with one attached hydrogen (secondary N) is 1. The van der Waals surface area contributed by atoms with Gasteiger partial charge in [-0.05, 0) is 42.3 Å². The molecule has 0 atom stereocenters. The van der Waals surface area contributed by atoms with Crippen molar-refractivity contribution >= 4 is 28.3 Å². The number of pyridine rings is 1. The number of aromatic amines is 1. The van der Waals surface area contributed by atoms with Gasteiger partial charge in [0, 0.05) is 61.0 Å². The van der Waals surface area contributed by atoms with E-state index in [4.69, 9.17) is 16.3 Å². The molecule has 2 aromatic heterocycles.